The molecule has 0 saturated heterocycles. The summed E-state index contributed by atoms with van der Waals surface area (Å²) in [7, 11) is 0. The number of nitrogens with zero attached hydrogens (tertiary/aromatic N) is 2. The quantitative estimate of drug-likeness (QED) is 0.233. The van der Waals surface area contributed by atoms with Crippen LogP contribution in [-0.2, 0) is 6.61 Å². The lowest BCUT2D eigenvalue weighted by molar-refractivity contribution is 0.267. The first-order chi connectivity index (χ1) is 15.4. The molecule has 0 amide bonds. The summed E-state index contributed by atoms with van der Waals surface area (Å²) < 4.78 is 12.5. The second kappa shape index (κ2) is 11.1. The molecule has 0 atom stereocenters. The van der Waals surface area contributed by atoms with E-state index >= 15 is 0 Å². The average molecular weight is 528 g/mol. The molecule has 0 N–H and O–H groups in total. The Kier molecular flexibility index (Phi) is 8.20. The van der Waals surface area contributed by atoms with Crippen LogP contribution in [0.4, 0.5) is 0 Å². The van der Waals surface area contributed by atoms with Crippen LogP contribution in [-0.4, -0.2) is 6.61 Å². The van der Waals surface area contributed by atoms with E-state index in [4.69, 9.17) is 37.9 Å². The molecule has 0 saturated carbocycles. The minimum absolute atomic E-state index is 0.230. The molecule has 0 bridgehead atoms. The van der Waals surface area contributed by atoms with Crippen molar-refractivity contribution in [1.29, 1.82) is 10.5 Å². The summed E-state index contributed by atoms with van der Waals surface area (Å²) in [5.41, 5.74) is 3.12. The smallest absolute Gasteiger partial charge is 0.175 e. The average Bonchev–Trinajstić information content (AvgIpc) is 2.78. The number of rotatable bonds is 7. The monoisotopic (exact) mass is 526 g/mol. The second-order valence-corrected chi connectivity index (χ2v) is 8.35. The van der Waals surface area contributed by atoms with Crippen LogP contribution in [0.2, 0.25) is 10.0 Å². The summed E-state index contributed by atoms with van der Waals surface area (Å²) in [6.45, 7) is 2.55. The van der Waals surface area contributed by atoms with Gasteiger partial charge in [-0.15, -0.1) is 0 Å². The Balaban J connectivity index is 1.94. The first-order valence-electron chi connectivity index (χ1n) is 9.60. The van der Waals surface area contributed by atoms with Crippen LogP contribution >= 0.6 is 39.1 Å². The Labute approximate surface area is 205 Å². The van der Waals surface area contributed by atoms with E-state index in [1.54, 1.807) is 48.5 Å². The van der Waals surface area contributed by atoms with E-state index < -0.39 is 0 Å². The Hall–Kier alpha value is -2.96. The summed E-state index contributed by atoms with van der Waals surface area (Å²) in [4.78, 5) is 0. The van der Waals surface area contributed by atoms with Gasteiger partial charge >= 0.3 is 0 Å². The van der Waals surface area contributed by atoms with Crippen LogP contribution in [0.1, 0.15) is 29.2 Å². The van der Waals surface area contributed by atoms with Crippen molar-refractivity contribution >= 4 is 50.8 Å². The molecule has 3 aromatic carbocycles. The van der Waals surface area contributed by atoms with Crippen molar-refractivity contribution in [1.82, 2.24) is 0 Å². The highest BCUT2D eigenvalue weighted by Gasteiger charge is 2.14. The first kappa shape index (κ1) is 23.7. The maximum absolute atomic E-state index is 9.67. The van der Waals surface area contributed by atoms with Crippen molar-refractivity contribution in [3.05, 3.63) is 91.4 Å². The fourth-order valence-electron chi connectivity index (χ4n) is 2.97. The molecule has 3 aromatic rings. The number of hydrogen-bond acceptors (Lipinski definition) is 4. The fourth-order valence-corrected chi connectivity index (χ4v) is 4.00. The van der Waals surface area contributed by atoms with Crippen molar-refractivity contribution < 1.29 is 9.47 Å². The van der Waals surface area contributed by atoms with Crippen molar-refractivity contribution in [2.45, 2.75) is 13.5 Å². The predicted molar refractivity (Wildman–Crippen MR) is 131 cm³/mol. The number of benzene rings is 3. The van der Waals surface area contributed by atoms with E-state index in [0.29, 0.717) is 49.3 Å². The highest BCUT2D eigenvalue weighted by molar-refractivity contribution is 9.10. The third kappa shape index (κ3) is 5.84. The summed E-state index contributed by atoms with van der Waals surface area (Å²) in [5, 5.41) is 19.9. The topological polar surface area (TPSA) is 66.0 Å². The second-order valence-electron chi connectivity index (χ2n) is 6.65. The number of hydrogen-bond donors (Lipinski definition) is 0. The van der Waals surface area contributed by atoms with Gasteiger partial charge in [0.05, 0.1) is 34.4 Å². The minimum Gasteiger partial charge on any atom is -0.490 e. The Morgan fingerprint density at radius 3 is 2.56 bits per heavy atom. The Morgan fingerprint density at radius 2 is 1.88 bits per heavy atom. The molecule has 0 radical (unpaired) electrons. The summed E-state index contributed by atoms with van der Waals surface area (Å²) >= 11 is 15.8. The van der Waals surface area contributed by atoms with Crippen LogP contribution in [0.15, 0.2) is 59.1 Å². The van der Waals surface area contributed by atoms with E-state index in [2.05, 4.69) is 28.1 Å². The van der Waals surface area contributed by atoms with E-state index in [1.807, 2.05) is 19.1 Å². The third-order valence-corrected chi connectivity index (χ3v) is 5.63. The van der Waals surface area contributed by atoms with Crippen LogP contribution in [0.5, 0.6) is 11.5 Å². The summed E-state index contributed by atoms with van der Waals surface area (Å²) in [5.74, 6) is 1.06. The van der Waals surface area contributed by atoms with Crippen molar-refractivity contribution in [2.75, 3.05) is 6.61 Å². The third-order valence-electron chi connectivity index (χ3n) is 4.45. The van der Waals surface area contributed by atoms with Crippen molar-refractivity contribution in [3.63, 3.8) is 0 Å². The van der Waals surface area contributed by atoms with Gasteiger partial charge in [-0.25, -0.2) is 0 Å². The molecule has 0 heterocycles. The standard InChI is InChI=1S/C25H17BrCl2N2O2/c1-2-31-24-11-17(9-20(14-30)18-5-3-4-16(8-18)13-29)10-22(26)25(24)32-15-19-6-7-21(27)12-23(19)28/h3-12H,2,15H2,1H3/b20-9-. The minimum atomic E-state index is 0.230. The zero-order chi connectivity index (χ0) is 23.1. The Morgan fingerprint density at radius 1 is 1.06 bits per heavy atom. The molecule has 0 aliphatic rings. The molecule has 0 fully saturated rings. The van der Waals surface area contributed by atoms with E-state index in [0.717, 1.165) is 11.1 Å². The molecule has 0 unspecified atom stereocenters. The molecule has 32 heavy (non-hydrogen) atoms. The van der Waals surface area contributed by atoms with Gasteiger partial charge in [-0.1, -0.05) is 41.4 Å². The van der Waals surface area contributed by atoms with Gasteiger partial charge < -0.3 is 9.47 Å². The van der Waals surface area contributed by atoms with Crippen LogP contribution in [0, 0.1) is 22.7 Å². The van der Waals surface area contributed by atoms with Crippen molar-refractivity contribution in [3.8, 4) is 23.6 Å². The molecular formula is C25H17BrCl2N2O2. The molecule has 0 spiro atoms. The highest BCUT2D eigenvalue weighted by atomic mass is 79.9. The molecule has 160 valence electrons. The van der Waals surface area contributed by atoms with Gasteiger partial charge in [0.25, 0.3) is 0 Å². The maximum Gasteiger partial charge on any atom is 0.175 e. The summed E-state index contributed by atoms with van der Waals surface area (Å²) in [6.07, 6.45) is 1.74. The molecule has 7 heteroatoms. The molecule has 0 aromatic heterocycles. The lowest BCUT2D eigenvalue weighted by atomic mass is 10.0. The van der Waals surface area contributed by atoms with Gasteiger partial charge in [-0.05, 0) is 76.5 Å². The number of nitriles is 2. The van der Waals surface area contributed by atoms with E-state index in [9.17, 15) is 5.26 Å². The zero-order valence-corrected chi connectivity index (χ0v) is 20.1. The highest BCUT2D eigenvalue weighted by Crippen LogP contribution is 2.39. The lowest BCUT2D eigenvalue weighted by Gasteiger charge is -2.15. The SMILES string of the molecule is CCOc1cc(/C=C(/C#N)c2cccc(C#N)c2)cc(Br)c1OCc1ccc(Cl)cc1Cl. The molecular weight excluding hydrogens is 511 g/mol. The lowest BCUT2D eigenvalue weighted by Crippen LogP contribution is -2.01. The fraction of sp³-hybridized carbons (Fsp3) is 0.120. The molecule has 4 nitrogen and oxygen atoms in total. The van der Waals surface area contributed by atoms with Crippen molar-refractivity contribution in [2.24, 2.45) is 0 Å². The maximum atomic E-state index is 9.67. The van der Waals surface area contributed by atoms with Crippen LogP contribution in [0.3, 0.4) is 0 Å². The summed E-state index contributed by atoms with van der Waals surface area (Å²) in [6, 6.07) is 20.1. The first-order valence-corrected chi connectivity index (χ1v) is 11.2. The number of ether oxygens (including phenoxy) is 2. The predicted octanol–water partition coefficient (Wildman–Crippen LogP) is 7.67. The number of halogens is 3. The van der Waals surface area contributed by atoms with E-state index in [-0.39, 0.29) is 6.61 Å². The largest absolute Gasteiger partial charge is 0.490 e. The Bertz CT molecular complexity index is 1260. The number of allylic oxidation sites excluding steroid dienone is 1. The van der Waals surface area contributed by atoms with Gasteiger partial charge in [0.15, 0.2) is 11.5 Å². The normalized spacial score (nSPS) is 10.9. The van der Waals surface area contributed by atoms with Gasteiger partial charge in [0.2, 0.25) is 0 Å². The van der Waals surface area contributed by atoms with Gasteiger partial charge in [-0.3, -0.25) is 0 Å². The van der Waals surface area contributed by atoms with Gasteiger partial charge in [0.1, 0.15) is 6.61 Å². The molecule has 3 rings (SSSR count). The van der Waals surface area contributed by atoms with Crippen LogP contribution < -0.4 is 9.47 Å². The molecule has 0 aliphatic carbocycles. The molecule has 0 aliphatic heterocycles. The van der Waals surface area contributed by atoms with Gasteiger partial charge in [-0.2, -0.15) is 10.5 Å². The van der Waals surface area contributed by atoms with Gasteiger partial charge in [0, 0.05) is 15.6 Å². The zero-order valence-electron chi connectivity index (χ0n) is 17.0. The van der Waals surface area contributed by atoms with Crippen LogP contribution in [0.25, 0.3) is 11.6 Å². The van der Waals surface area contributed by atoms with E-state index in [1.165, 1.54) is 0 Å².